The van der Waals surface area contributed by atoms with Gasteiger partial charge in [0.05, 0.1) is 30.0 Å². The SMILES string of the molecule is Cc1ccoc1C(=O)Nc1cnn(-c2ccccc2Br)c1. The Balaban J connectivity index is 1.82. The van der Waals surface area contributed by atoms with Crippen LogP contribution in [0.1, 0.15) is 16.1 Å². The van der Waals surface area contributed by atoms with Crippen LogP contribution in [-0.4, -0.2) is 15.7 Å². The van der Waals surface area contributed by atoms with Gasteiger partial charge in [-0.3, -0.25) is 4.79 Å². The Labute approximate surface area is 129 Å². The summed E-state index contributed by atoms with van der Waals surface area (Å²) in [5.41, 5.74) is 2.30. The van der Waals surface area contributed by atoms with Crippen molar-refractivity contribution in [2.75, 3.05) is 5.32 Å². The van der Waals surface area contributed by atoms with Crippen LogP contribution in [0.3, 0.4) is 0 Å². The van der Waals surface area contributed by atoms with Gasteiger partial charge in [-0.15, -0.1) is 0 Å². The van der Waals surface area contributed by atoms with Gasteiger partial charge in [0.15, 0.2) is 5.76 Å². The molecule has 0 unspecified atom stereocenters. The van der Waals surface area contributed by atoms with Crippen LogP contribution in [0.4, 0.5) is 5.69 Å². The molecule has 0 atom stereocenters. The molecule has 0 aliphatic carbocycles. The number of hydrogen-bond acceptors (Lipinski definition) is 3. The number of aromatic nitrogens is 2. The van der Waals surface area contributed by atoms with Crippen molar-refractivity contribution in [3.05, 3.63) is 64.8 Å². The number of anilines is 1. The van der Waals surface area contributed by atoms with Gasteiger partial charge in [-0.2, -0.15) is 5.10 Å². The zero-order chi connectivity index (χ0) is 14.8. The Kier molecular flexibility index (Phi) is 3.62. The van der Waals surface area contributed by atoms with Crippen molar-refractivity contribution in [1.82, 2.24) is 9.78 Å². The number of nitrogens with zero attached hydrogens (tertiary/aromatic N) is 2. The number of aryl methyl sites for hydroxylation is 1. The summed E-state index contributed by atoms with van der Waals surface area (Å²) in [6.45, 7) is 1.82. The molecule has 3 rings (SSSR count). The van der Waals surface area contributed by atoms with Crippen LogP contribution in [0.25, 0.3) is 5.69 Å². The Morgan fingerprint density at radius 1 is 1.33 bits per heavy atom. The van der Waals surface area contributed by atoms with Crippen molar-refractivity contribution in [3.8, 4) is 5.69 Å². The molecule has 21 heavy (non-hydrogen) atoms. The molecule has 0 saturated heterocycles. The monoisotopic (exact) mass is 345 g/mol. The molecule has 0 saturated carbocycles. The third-order valence-corrected chi connectivity index (χ3v) is 3.68. The van der Waals surface area contributed by atoms with Gasteiger partial charge in [-0.05, 0) is 41.1 Å². The molecule has 0 bridgehead atoms. The van der Waals surface area contributed by atoms with Crippen molar-refractivity contribution in [2.24, 2.45) is 0 Å². The molecule has 0 spiro atoms. The van der Waals surface area contributed by atoms with E-state index in [1.165, 1.54) is 6.26 Å². The van der Waals surface area contributed by atoms with E-state index in [1.54, 1.807) is 23.1 Å². The number of amides is 1. The van der Waals surface area contributed by atoms with Crippen LogP contribution in [-0.2, 0) is 0 Å². The summed E-state index contributed by atoms with van der Waals surface area (Å²) >= 11 is 3.47. The predicted octanol–water partition coefficient (Wildman–Crippen LogP) is 3.79. The van der Waals surface area contributed by atoms with Crippen LogP contribution in [0.15, 0.2) is 57.9 Å². The highest BCUT2D eigenvalue weighted by atomic mass is 79.9. The van der Waals surface area contributed by atoms with Crippen molar-refractivity contribution in [2.45, 2.75) is 6.92 Å². The lowest BCUT2D eigenvalue weighted by molar-refractivity contribution is 0.0996. The fourth-order valence-corrected chi connectivity index (χ4v) is 2.42. The molecule has 106 valence electrons. The number of nitrogens with one attached hydrogen (secondary N) is 1. The molecular formula is C15H12BrN3O2. The zero-order valence-corrected chi connectivity index (χ0v) is 12.8. The first-order valence-electron chi connectivity index (χ1n) is 6.30. The van der Waals surface area contributed by atoms with Crippen molar-refractivity contribution in [1.29, 1.82) is 0 Å². The van der Waals surface area contributed by atoms with Crippen molar-refractivity contribution in [3.63, 3.8) is 0 Å². The molecule has 1 N–H and O–H groups in total. The zero-order valence-electron chi connectivity index (χ0n) is 11.2. The fraction of sp³-hybridized carbons (Fsp3) is 0.0667. The maximum atomic E-state index is 12.1. The van der Waals surface area contributed by atoms with E-state index in [-0.39, 0.29) is 5.91 Å². The molecule has 2 heterocycles. The van der Waals surface area contributed by atoms with Crippen molar-refractivity contribution >= 4 is 27.5 Å². The molecule has 1 aromatic carbocycles. The van der Waals surface area contributed by atoms with Crippen LogP contribution in [0.2, 0.25) is 0 Å². The van der Waals surface area contributed by atoms with E-state index in [4.69, 9.17) is 4.42 Å². The number of furan rings is 1. The highest BCUT2D eigenvalue weighted by Gasteiger charge is 2.14. The molecule has 0 fully saturated rings. The standard InChI is InChI=1S/C15H12BrN3O2/c1-10-6-7-21-14(10)15(20)18-11-8-17-19(9-11)13-5-3-2-4-12(13)16/h2-9H,1H3,(H,18,20). The quantitative estimate of drug-likeness (QED) is 0.785. The average molecular weight is 346 g/mol. The van der Waals surface area contributed by atoms with E-state index in [2.05, 4.69) is 26.3 Å². The third kappa shape index (κ3) is 2.75. The summed E-state index contributed by atoms with van der Waals surface area (Å²) in [4.78, 5) is 12.1. The second-order valence-electron chi connectivity index (χ2n) is 4.51. The van der Waals surface area contributed by atoms with E-state index in [1.807, 2.05) is 31.2 Å². The minimum Gasteiger partial charge on any atom is -0.459 e. The minimum atomic E-state index is -0.288. The summed E-state index contributed by atoms with van der Waals surface area (Å²) in [5.74, 6) is 0.0211. The van der Waals surface area contributed by atoms with E-state index >= 15 is 0 Å². The van der Waals surface area contributed by atoms with E-state index in [9.17, 15) is 4.79 Å². The summed E-state index contributed by atoms with van der Waals surface area (Å²) in [6.07, 6.45) is 4.83. The largest absolute Gasteiger partial charge is 0.459 e. The Morgan fingerprint density at radius 2 is 2.14 bits per heavy atom. The number of carbonyl (C=O) groups excluding carboxylic acids is 1. The van der Waals surface area contributed by atoms with Gasteiger partial charge in [0.25, 0.3) is 5.91 Å². The van der Waals surface area contributed by atoms with Crippen LogP contribution in [0.5, 0.6) is 0 Å². The number of hydrogen-bond donors (Lipinski definition) is 1. The van der Waals surface area contributed by atoms with Gasteiger partial charge < -0.3 is 9.73 Å². The number of rotatable bonds is 3. The number of para-hydroxylation sites is 1. The second-order valence-corrected chi connectivity index (χ2v) is 5.37. The molecule has 5 nitrogen and oxygen atoms in total. The van der Waals surface area contributed by atoms with Crippen LogP contribution < -0.4 is 5.32 Å². The smallest absolute Gasteiger partial charge is 0.291 e. The Hall–Kier alpha value is -2.34. The number of halogens is 1. The Morgan fingerprint density at radius 3 is 2.86 bits per heavy atom. The van der Waals surface area contributed by atoms with E-state index < -0.39 is 0 Å². The molecule has 2 aromatic heterocycles. The van der Waals surface area contributed by atoms with E-state index in [0.29, 0.717) is 11.4 Å². The molecule has 6 heteroatoms. The molecular weight excluding hydrogens is 334 g/mol. The van der Waals surface area contributed by atoms with Gasteiger partial charge in [0.1, 0.15) is 0 Å². The van der Waals surface area contributed by atoms with Gasteiger partial charge in [0, 0.05) is 10.0 Å². The molecule has 1 amide bonds. The predicted molar refractivity (Wildman–Crippen MR) is 82.7 cm³/mol. The number of carbonyl (C=O) groups is 1. The minimum absolute atomic E-state index is 0.288. The van der Waals surface area contributed by atoms with Gasteiger partial charge in [0.2, 0.25) is 0 Å². The fourth-order valence-electron chi connectivity index (χ4n) is 1.95. The van der Waals surface area contributed by atoms with Gasteiger partial charge in [-0.1, -0.05) is 12.1 Å². The van der Waals surface area contributed by atoms with Crippen LogP contribution in [0, 0.1) is 6.92 Å². The maximum absolute atomic E-state index is 12.1. The Bertz CT molecular complexity index is 792. The highest BCUT2D eigenvalue weighted by Crippen LogP contribution is 2.21. The summed E-state index contributed by atoms with van der Waals surface area (Å²) in [6, 6.07) is 9.46. The molecule has 0 aliphatic rings. The normalized spacial score (nSPS) is 10.6. The topological polar surface area (TPSA) is 60.1 Å². The molecule has 3 aromatic rings. The van der Waals surface area contributed by atoms with Crippen molar-refractivity contribution < 1.29 is 9.21 Å². The van der Waals surface area contributed by atoms with E-state index in [0.717, 1.165) is 15.7 Å². The summed E-state index contributed by atoms with van der Waals surface area (Å²) in [7, 11) is 0. The van der Waals surface area contributed by atoms with Crippen LogP contribution >= 0.6 is 15.9 Å². The maximum Gasteiger partial charge on any atom is 0.291 e. The average Bonchev–Trinajstić information content (AvgIpc) is 3.08. The summed E-state index contributed by atoms with van der Waals surface area (Å²) < 4.78 is 7.78. The van der Waals surface area contributed by atoms with Gasteiger partial charge in [-0.25, -0.2) is 4.68 Å². The molecule has 0 aliphatic heterocycles. The lowest BCUT2D eigenvalue weighted by atomic mass is 10.2. The van der Waals surface area contributed by atoms with Gasteiger partial charge >= 0.3 is 0 Å². The lowest BCUT2D eigenvalue weighted by Crippen LogP contribution is -2.11. The first-order chi connectivity index (χ1) is 10.1. The highest BCUT2D eigenvalue weighted by molar-refractivity contribution is 9.10. The third-order valence-electron chi connectivity index (χ3n) is 3.01. The first-order valence-corrected chi connectivity index (χ1v) is 7.09. The molecule has 0 radical (unpaired) electrons. The lowest BCUT2D eigenvalue weighted by Gasteiger charge is -2.03. The first kappa shape index (κ1) is 13.6. The summed E-state index contributed by atoms with van der Waals surface area (Å²) in [5, 5.41) is 7.01. The number of benzene rings is 1. The second kappa shape index (κ2) is 5.57.